The third kappa shape index (κ3) is 2.42. The lowest BCUT2D eigenvalue weighted by molar-refractivity contribution is -0.117. The van der Waals surface area contributed by atoms with E-state index in [-0.39, 0.29) is 11.6 Å². The monoisotopic (exact) mass is 362 g/mol. The average Bonchev–Trinajstić information content (AvgIpc) is 2.73. The van der Waals surface area contributed by atoms with E-state index in [2.05, 4.69) is 36.4 Å². The maximum Gasteiger partial charge on any atom is 0.177 e. The second kappa shape index (κ2) is 6.28. The van der Waals surface area contributed by atoms with Gasteiger partial charge in [0, 0.05) is 5.56 Å². The summed E-state index contributed by atoms with van der Waals surface area (Å²) in [6.07, 6.45) is 0. The fourth-order valence-electron chi connectivity index (χ4n) is 4.32. The van der Waals surface area contributed by atoms with E-state index in [1.807, 2.05) is 36.4 Å². The molecule has 1 unspecified atom stereocenters. The molecule has 0 aliphatic heterocycles. The summed E-state index contributed by atoms with van der Waals surface area (Å²) in [5.74, 6) is -1.08. The summed E-state index contributed by atoms with van der Waals surface area (Å²) >= 11 is 0. The van der Waals surface area contributed by atoms with Gasteiger partial charge in [0.05, 0.1) is 0 Å². The zero-order valence-corrected chi connectivity index (χ0v) is 15.5. The second-order valence-corrected chi connectivity index (χ2v) is 7.28. The average molecular weight is 362 g/mol. The Hall–Kier alpha value is -3.52. The highest BCUT2D eigenvalue weighted by Crippen LogP contribution is 2.38. The summed E-state index contributed by atoms with van der Waals surface area (Å²) in [4.78, 5) is 25.8. The van der Waals surface area contributed by atoms with Crippen LogP contribution in [0.2, 0.25) is 0 Å². The van der Waals surface area contributed by atoms with Crippen LogP contribution in [-0.2, 0) is 4.79 Å². The van der Waals surface area contributed by atoms with Crippen LogP contribution in [0.1, 0.15) is 28.8 Å². The van der Waals surface area contributed by atoms with Crippen molar-refractivity contribution in [3.8, 4) is 0 Å². The molecule has 2 heteroatoms. The third-order valence-corrected chi connectivity index (χ3v) is 5.60. The Balaban J connectivity index is 1.82. The number of ketones is 2. The number of carbonyl (C=O) groups is 2. The first-order valence-electron chi connectivity index (χ1n) is 9.41. The second-order valence-electron chi connectivity index (χ2n) is 7.28. The van der Waals surface area contributed by atoms with E-state index in [0.29, 0.717) is 5.56 Å². The van der Waals surface area contributed by atoms with Crippen LogP contribution in [0, 0.1) is 0 Å². The molecule has 0 radical (unpaired) electrons. The fourth-order valence-corrected chi connectivity index (χ4v) is 4.32. The standard InChI is InChI=1S/C26H18O2/c1-16(27)23(26(28)20-6-3-2-4-7-20)21-14-13-19-11-10-17-8-5-9-18-12-15-22(21)25(19)24(17)18/h2-15,23H,1H3. The maximum absolute atomic E-state index is 13.2. The number of hydrogen-bond donors (Lipinski definition) is 0. The first kappa shape index (κ1) is 16.6. The Morgan fingerprint density at radius 1 is 0.643 bits per heavy atom. The summed E-state index contributed by atoms with van der Waals surface area (Å²) < 4.78 is 0. The van der Waals surface area contributed by atoms with Crippen LogP contribution in [0.25, 0.3) is 32.3 Å². The summed E-state index contributed by atoms with van der Waals surface area (Å²) in [5, 5.41) is 6.75. The van der Waals surface area contributed by atoms with E-state index in [0.717, 1.165) is 21.7 Å². The van der Waals surface area contributed by atoms with Gasteiger partial charge in [0.2, 0.25) is 0 Å². The van der Waals surface area contributed by atoms with Gasteiger partial charge in [0.15, 0.2) is 5.78 Å². The molecule has 0 fully saturated rings. The first-order valence-corrected chi connectivity index (χ1v) is 9.41. The summed E-state index contributed by atoms with van der Waals surface area (Å²) in [5.41, 5.74) is 1.35. The van der Waals surface area contributed by atoms with Gasteiger partial charge in [0.25, 0.3) is 0 Å². The molecule has 0 saturated heterocycles. The van der Waals surface area contributed by atoms with Gasteiger partial charge >= 0.3 is 0 Å². The van der Waals surface area contributed by atoms with Crippen molar-refractivity contribution >= 4 is 43.9 Å². The van der Waals surface area contributed by atoms with Gasteiger partial charge in [-0.2, -0.15) is 0 Å². The molecule has 2 nitrogen and oxygen atoms in total. The Morgan fingerprint density at radius 3 is 1.93 bits per heavy atom. The lowest BCUT2D eigenvalue weighted by Gasteiger charge is -2.18. The number of hydrogen-bond acceptors (Lipinski definition) is 2. The zero-order chi connectivity index (χ0) is 19.3. The molecule has 0 aliphatic carbocycles. The molecule has 5 aromatic carbocycles. The minimum absolute atomic E-state index is 0.135. The maximum atomic E-state index is 13.2. The highest BCUT2D eigenvalue weighted by Gasteiger charge is 2.28. The third-order valence-electron chi connectivity index (χ3n) is 5.60. The number of benzene rings is 5. The lowest BCUT2D eigenvalue weighted by Crippen LogP contribution is -2.20. The van der Waals surface area contributed by atoms with Gasteiger partial charge in [-0.3, -0.25) is 9.59 Å². The van der Waals surface area contributed by atoms with Crippen LogP contribution < -0.4 is 0 Å². The number of Topliss-reactive ketones (excluding diaryl/α,β-unsaturated/α-hetero) is 2. The van der Waals surface area contributed by atoms with Crippen LogP contribution in [0.3, 0.4) is 0 Å². The molecular formula is C26H18O2. The van der Waals surface area contributed by atoms with E-state index >= 15 is 0 Å². The first-order chi connectivity index (χ1) is 13.6. The van der Waals surface area contributed by atoms with Crippen molar-refractivity contribution in [1.29, 1.82) is 0 Å². The number of carbonyl (C=O) groups excluding carboxylic acids is 2. The molecule has 0 bridgehead atoms. The molecule has 0 N–H and O–H groups in total. The van der Waals surface area contributed by atoms with Crippen molar-refractivity contribution < 1.29 is 9.59 Å². The van der Waals surface area contributed by atoms with Crippen LogP contribution in [0.5, 0.6) is 0 Å². The quantitative estimate of drug-likeness (QED) is 0.219. The molecule has 5 rings (SSSR count). The number of rotatable bonds is 4. The highest BCUT2D eigenvalue weighted by atomic mass is 16.1. The van der Waals surface area contributed by atoms with Gasteiger partial charge in [-0.1, -0.05) is 84.9 Å². The van der Waals surface area contributed by atoms with Crippen molar-refractivity contribution in [2.45, 2.75) is 12.8 Å². The largest absolute Gasteiger partial charge is 0.299 e. The Kier molecular flexibility index (Phi) is 3.73. The van der Waals surface area contributed by atoms with Gasteiger partial charge in [0.1, 0.15) is 11.7 Å². The molecule has 0 aliphatic rings. The van der Waals surface area contributed by atoms with Crippen molar-refractivity contribution in [2.75, 3.05) is 0 Å². The van der Waals surface area contributed by atoms with E-state index in [1.165, 1.54) is 23.1 Å². The van der Waals surface area contributed by atoms with Crippen LogP contribution in [0.15, 0.2) is 84.9 Å². The van der Waals surface area contributed by atoms with Crippen LogP contribution >= 0.6 is 0 Å². The SMILES string of the molecule is CC(=O)C(C(=O)c1ccccc1)c1ccc2ccc3cccc4ccc1c2c34. The van der Waals surface area contributed by atoms with Crippen LogP contribution in [-0.4, -0.2) is 11.6 Å². The molecule has 0 heterocycles. The molecule has 5 aromatic rings. The Morgan fingerprint density at radius 2 is 1.25 bits per heavy atom. The van der Waals surface area contributed by atoms with E-state index < -0.39 is 5.92 Å². The molecule has 0 aromatic heterocycles. The molecule has 1 atom stereocenters. The zero-order valence-electron chi connectivity index (χ0n) is 15.5. The van der Waals surface area contributed by atoms with Gasteiger partial charge in [-0.15, -0.1) is 0 Å². The predicted molar refractivity (Wildman–Crippen MR) is 114 cm³/mol. The minimum Gasteiger partial charge on any atom is -0.299 e. The van der Waals surface area contributed by atoms with E-state index in [1.54, 1.807) is 12.1 Å². The molecule has 134 valence electrons. The molecule has 0 amide bonds. The van der Waals surface area contributed by atoms with Crippen molar-refractivity contribution in [3.63, 3.8) is 0 Å². The molecular weight excluding hydrogens is 344 g/mol. The van der Waals surface area contributed by atoms with E-state index in [9.17, 15) is 9.59 Å². The predicted octanol–water partition coefficient (Wildman–Crippen LogP) is 6.14. The Bertz CT molecular complexity index is 1330. The minimum atomic E-state index is -0.799. The highest BCUT2D eigenvalue weighted by molar-refractivity contribution is 6.25. The Labute approximate surface area is 162 Å². The summed E-state index contributed by atoms with van der Waals surface area (Å²) in [6, 6.07) is 27.7. The van der Waals surface area contributed by atoms with Crippen molar-refractivity contribution in [2.24, 2.45) is 0 Å². The molecule has 0 spiro atoms. The lowest BCUT2D eigenvalue weighted by atomic mass is 9.83. The normalized spacial score (nSPS) is 12.6. The molecule has 0 saturated carbocycles. The van der Waals surface area contributed by atoms with Gasteiger partial charge in [-0.25, -0.2) is 0 Å². The molecule has 28 heavy (non-hydrogen) atoms. The van der Waals surface area contributed by atoms with Crippen molar-refractivity contribution in [1.82, 2.24) is 0 Å². The summed E-state index contributed by atoms with van der Waals surface area (Å²) in [7, 11) is 0. The van der Waals surface area contributed by atoms with E-state index in [4.69, 9.17) is 0 Å². The van der Waals surface area contributed by atoms with Crippen molar-refractivity contribution in [3.05, 3.63) is 96.1 Å². The smallest absolute Gasteiger partial charge is 0.177 e. The van der Waals surface area contributed by atoms with Gasteiger partial charge < -0.3 is 0 Å². The summed E-state index contributed by atoms with van der Waals surface area (Å²) in [6.45, 7) is 1.50. The topological polar surface area (TPSA) is 34.1 Å². The van der Waals surface area contributed by atoms with Crippen LogP contribution in [0.4, 0.5) is 0 Å². The fraction of sp³-hybridized carbons (Fsp3) is 0.0769. The van der Waals surface area contributed by atoms with Gasteiger partial charge in [-0.05, 0) is 44.8 Å².